The average molecular weight is 418 g/mol. The largest absolute Gasteiger partial charge is 0.377 e. The summed E-state index contributed by atoms with van der Waals surface area (Å²) in [5.41, 5.74) is 0.968. The molecule has 0 radical (unpaired) electrons. The fraction of sp³-hybridized carbons (Fsp3) is 0.250. The van der Waals surface area contributed by atoms with Crippen LogP contribution in [0.25, 0.3) is 0 Å². The molecule has 1 unspecified atom stereocenters. The van der Waals surface area contributed by atoms with Gasteiger partial charge in [-0.1, -0.05) is 29.8 Å². The Morgan fingerprint density at radius 2 is 1.72 bits per heavy atom. The second kappa shape index (κ2) is 11.2. The molecule has 0 aliphatic rings. The molecule has 0 saturated carbocycles. The summed E-state index contributed by atoms with van der Waals surface area (Å²) in [6.45, 7) is -0.457. The van der Waals surface area contributed by atoms with Crippen molar-refractivity contribution in [1.29, 1.82) is 0 Å². The molecular weight excluding hydrogens is 398 g/mol. The number of nitrogens with one attached hydrogen (secondary N) is 1. The van der Waals surface area contributed by atoms with E-state index in [1.165, 1.54) is 32.4 Å². The lowest BCUT2D eigenvalue weighted by atomic mass is 10.1. The summed E-state index contributed by atoms with van der Waals surface area (Å²) in [4.78, 5) is 37.0. The second-order valence-electron chi connectivity index (χ2n) is 5.89. The van der Waals surface area contributed by atoms with Crippen LogP contribution in [0.4, 0.5) is 11.4 Å². The lowest BCUT2D eigenvalue weighted by Gasteiger charge is -2.12. The van der Waals surface area contributed by atoms with E-state index >= 15 is 0 Å². The molecule has 0 aliphatic carbocycles. The summed E-state index contributed by atoms with van der Waals surface area (Å²) in [6, 6.07) is 11.7. The fourth-order valence-corrected chi connectivity index (χ4v) is 2.56. The number of hydrogen-bond acceptors (Lipinski definition) is 7. The van der Waals surface area contributed by atoms with Gasteiger partial charge in [-0.3, -0.25) is 14.4 Å². The van der Waals surface area contributed by atoms with E-state index in [0.717, 1.165) is 0 Å². The van der Waals surface area contributed by atoms with Crippen LogP contribution < -0.4 is 5.32 Å². The molecule has 0 aromatic heterocycles. The van der Waals surface area contributed by atoms with Gasteiger partial charge in [0.25, 0.3) is 5.91 Å². The van der Waals surface area contributed by atoms with Gasteiger partial charge < -0.3 is 14.8 Å². The van der Waals surface area contributed by atoms with E-state index < -0.39 is 17.7 Å². The number of azo groups is 1. The zero-order valence-electron chi connectivity index (χ0n) is 15.9. The second-order valence-corrected chi connectivity index (χ2v) is 6.30. The highest BCUT2D eigenvalue weighted by molar-refractivity contribution is 6.34. The smallest absolute Gasteiger partial charge is 0.258 e. The molecule has 29 heavy (non-hydrogen) atoms. The maximum Gasteiger partial charge on any atom is 0.258 e. The van der Waals surface area contributed by atoms with Crippen LogP contribution in [-0.4, -0.2) is 50.9 Å². The maximum atomic E-state index is 12.7. The third-order valence-electron chi connectivity index (χ3n) is 3.69. The zero-order chi connectivity index (χ0) is 21.2. The van der Waals surface area contributed by atoms with E-state index in [9.17, 15) is 14.4 Å². The Morgan fingerprint density at radius 1 is 1.03 bits per heavy atom. The number of nitrogens with zero attached hydrogens (tertiary/aromatic N) is 2. The van der Waals surface area contributed by atoms with E-state index in [-0.39, 0.29) is 35.3 Å². The number of rotatable bonds is 10. The van der Waals surface area contributed by atoms with E-state index in [4.69, 9.17) is 21.1 Å². The number of carbonyl (C=O) groups excluding carboxylic acids is 3. The minimum absolute atomic E-state index is 0.155. The Bertz CT molecular complexity index is 902. The van der Waals surface area contributed by atoms with Crippen molar-refractivity contribution < 1.29 is 23.9 Å². The predicted octanol–water partition coefficient (Wildman–Crippen LogP) is 3.48. The van der Waals surface area contributed by atoms with Crippen LogP contribution in [0.15, 0.2) is 58.8 Å². The van der Waals surface area contributed by atoms with Gasteiger partial charge in [0.2, 0.25) is 6.04 Å². The van der Waals surface area contributed by atoms with Crippen LogP contribution in [-0.2, 0) is 19.1 Å². The van der Waals surface area contributed by atoms with Gasteiger partial charge in [0.15, 0.2) is 11.6 Å². The number of carbonyl (C=O) groups is 3. The van der Waals surface area contributed by atoms with Gasteiger partial charge in [-0.05, 0) is 30.3 Å². The Kier molecular flexibility index (Phi) is 8.60. The van der Waals surface area contributed by atoms with Crippen molar-refractivity contribution in [2.45, 2.75) is 6.04 Å². The van der Waals surface area contributed by atoms with Crippen molar-refractivity contribution >= 4 is 40.4 Å². The lowest BCUT2D eigenvalue weighted by molar-refractivity contribution is -0.129. The highest BCUT2D eigenvalue weighted by Crippen LogP contribution is 2.22. The molecule has 2 aromatic carbocycles. The highest BCUT2D eigenvalue weighted by Gasteiger charge is 2.27. The summed E-state index contributed by atoms with van der Waals surface area (Å²) >= 11 is 6.04. The molecule has 9 heteroatoms. The third kappa shape index (κ3) is 6.56. The van der Waals surface area contributed by atoms with Gasteiger partial charge in [-0.2, -0.15) is 10.2 Å². The van der Waals surface area contributed by atoms with Crippen LogP contribution in [0.1, 0.15) is 10.4 Å². The SMILES string of the molecule is COCC(=O)c1cc(NC(=O)C(N=Nc2ccccc2)C(=O)COC)ccc1Cl. The predicted molar refractivity (Wildman–Crippen MR) is 108 cm³/mol. The first-order chi connectivity index (χ1) is 14.0. The van der Waals surface area contributed by atoms with Crippen LogP contribution in [0.5, 0.6) is 0 Å². The van der Waals surface area contributed by atoms with Gasteiger partial charge in [-0.15, -0.1) is 0 Å². The molecule has 0 saturated heterocycles. The van der Waals surface area contributed by atoms with Crippen molar-refractivity contribution in [3.8, 4) is 0 Å². The quantitative estimate of drug-likeness (QED) is 0.362. The van der Waals surface area contributed by atoms with Gasteiger partial charge in [0.05, 0.1) is 10.7 Å². The molecule has 152 valence electrons. The van der Waals surface area contributed by atoms with Crippen molar-refractivity contribution in [1.82, 2.24) is 0 Å². The molecule has 0 heterocycles. The van der Waals surface area contributed by atoms with Crippen LogP contribution >= 0.6 is 11.6 Å². The van der Waals surface area contributed by atoms with Crippen LogP contribution in [0, 0.1) is 0 Å². The maximum absolute atomic E-state index is 12.7. The summed E-state index contributed by atoms with van der Waals surface area (Å²) < 4.78 is 9.65. The first-order valence-corrected chi connectivity index (χ1v) is 8.94. The highest BCUT2D eigenvalue weighted by atomic mass is 35.5. The topological polar surface area (TPSA) is 106 Å². The molecule has 1 amide bonds. The lowest BCUT2D eigenvalue weighted by Crippen LogP contribution is -2.35. The monoisotopic (exact) mass is 417 g/mol. The normalized spacial score (nSPS) is 12.0. The number of anilines is 1. The summed E-state index contributed by atoms with van der Waals surface area (Å²) in [7, 11) is 2.73. The van der Waals surface area contributed by atoms with Crippen LogP contribution in [0.3, 0.4) is 0 Å². The van der Waals surface area contributed by atoms with Crippen LogP contribution in [0.2, 0.25) is 5.02 Å². The van der Waals surface area contributed by atoms with Crippen molar-refractivity contribution in [3.05, 3.63) is 59.1 Å². The molecule has 2 rings (SSSR count). The Morgan fingerprint density at radius 3 is 2.38 bits per heavy atom. The van der Waals surface area contributed by atoms with Gasteiger partial charge in [0, 0.05) is 25.5 Å². The molecule has 8 nitrogen and oxygen atoms in total. The average Bonchev–Trinajstić information content (AvgIpc) is 2.70. The molecule has 0 spiro atoms. The number of benzene rings is 2. The number of hydrogen-bond donors (Lipinski definition) is 1. The zero-order valence-corrected chi connectivity index (χ0v) is 16.7. The molecular formula is C20H20ClN3O5. The molecule has 1 N–H and O–H groups in total. The van der Waals surface area contributed by atoms with Gasteiger partial charge in [-0.25, -0.2) is 0 Å². The molecule has 0 aliphatic heterocycles. The fourth-order valence-electron chi connectivity index (χ4n) is 2.34. The van der Waals surface area contributed by atoms with E-state index in [1.807, 2.05) is 6.07 Å². The first-order valence-electron chi connectivity index (χ1n) is 8.56. The minimum atomic E-state index is -1.41. The number of amides is 1. The van der Waals surface area contributed by atoms with Crippen molar-refractivity contribution in [2.75, 3.05) is 32.8 Å². The molecule has 0 fully saturated rings. The Labute approximate surface area is 172 Å². The standard InChI is InChI=1S/C20H20ClN3O5/c1-28-11-17(25)15-10-14(8-9-16(15)21)22-20(27)19(18(26)12-29-2)24-23-13-6-4-3-5-7-13/h3-10,19H,11-12H2,1-2H3,(H,22,27). The number of Topliss-reactive ketones (excluding diaryl/α,β-unsaturated/α-hetero) is 2. The molecule has 1 atom stereocenters. The summed E-state index contributed by atoms with van der Waals surface area (Å²) in [5.74, 6) is -1.61. The number of ether oxygens (including phenoxy) is 2. The first kappa shape index (κ1) is 22.4. The minimum Gasteiger partial charge on any atom is -0.377 e. The Balaban J connectivity index is 2.23. The van der Waals surface area contributed by atoms with E-state index in [1.54, 1.807) is 24.3 Å². The summed E-state index contributed by atoms with van der Waals surface area (Å²) in [6.07, 6.45) is 0. The van der Waals surface area contributed by atoms with Gasteiger partial charge in [0.1, 0.15) is 13.2 Å². The van der Waals surface area contributed by atoms with Gasteiger partial charge >= 0.3 is 0 Å². The number of halogens is 1. The number of methoxy groups -OCH3 is 2. The van der Waals surface area contributed by atoms with E-state index in [0.29, 0.717) is 5.69 Å². The summed E-state index contributed by atoms with van der Waals surface area (Å²) in [5, 5.41) is 10.6. The van der Waals surface area contributed by atoms with E-state index in [2.05, 4.69) is 15.5 Å². The number of ketones is 2. The molecule has 2 aromatic rings. The third-order valence-corrected chi connectivity index (χ3v) is 4.02. The molecule has 0 bridgehead atoms. The van der Waals surface area contributed by atoms with Crippen molar-refractivity contribution in [3.63, 3.8) is 0 Å². The Hall–Kier alpha value is -2.94. The van der Waals surface area contributed by atoms with Crippen molar-refractivity contribution in [2.24, 2.45) is 10.2 Å².